The molecule has 0 saturated carbocycles. The quantitative estimate of drug-likeness (QED) is 0.568. The molecule has 0 radical (unpaired) electrons. The van der Waals surface area contributed by atoms with Gasteiger partial charge in [0.05, 0.1) is 0 Å². The van der Waals surface area contributed by atoms with Crippen molar-refractivity contribution in [3.05, 3.63) is 0 Å². The maximum atomic E-state index is 4.94. The Balaban J connectivity index is 0.000000113. The fraction of sp³-hybridized carbons (Fsp3) is 1.00. The van der Waals surface area contributed by atoms with E-state index in [-0.39, 0.29) is 0 Å². The highest BCUT2D eigenvalue weighted by Gasteiger charge is 2.24. The van der Waals surface area contributed by atoms with Crippen molar-refractivity contribution in [2.45, 2.75) is 32.1 Å². The standard InChI is InChI=1S/C7H13N.C4H8O/c1-4-8-5-2-7(1)3-6-8;1-2-4-5-3-1/h7H,1-6H2;1-4H2. The van der Waals surface area contributed by atoms with Crippen molar-refractivity contribution < 1.29 is 4.74 Å². The molecule has 2 heteroatoms. The lowest BCUT2D eigenvalue weighted by Gasteiger charge is -2.38. The average Bonchev–Trinajstić information content (AvgIpc) is 2.79. The molecule has 76 valence electrons. The van der Waals surface area contributed by atoms with Crippen molar-refractivity contribution >= 4 is 0 Å². The molecule has 13 heavy (non-hydrogen) atoms. The Morgan fingerprint density at radius 3 is 1.54 bits per heavy atom. The first-order valence-electron chi connectivity index (χ1n) is 5.75. The van der Waals surface area contributed by atoms with E-state index in [1.54, 1.807) is 0 Å². The van der Waals surface area contributed by atoms with Gasteiger partial charge in [0.2, 0.25) is 0 Å². The molecule has 0 unspecified atom stereocenters. The van der Waals surface area contributed by atoms with E-state index in [4.69, 9.17) is 4.74 Å². The Kier molecular flexibility index (Phi) is 3.62. The van der Waals surface area contributed by atoms with E-state index in [1.807, 2.05) is 0 Å². The van der Waals surface area contributed by atoms with Crippen molar-refractivity contribution in [2.24, 2.45) is 5.92 Å². The molecule has 4 aliphatic heterocycles. The molecule has 0 aromatic carbocycles. The van der Waals surface area contributed by atoms with Crippen LogP contribution in [0.25, 0.3) is 0 Å². The third-order valence-corrected chi connectivity index (χ3v) is 3.39. The second-order valence-electron chi connectivity index (χ2n) is 4.39. The molecule has 2 bridgehead atoms. The molecule has 4 rings (SSSR count). The molecule has 2 nitrogen and oxygen atoms in total. The van der Waals surface area contributed by atoms with E-state index >= 15 is 0 Å². The first-order chi connectivity index (χ1) is 6.45. The van der Waals surface area contributed by atoms with Crippen LogP contribution in [0.1, 0.15) is 32.1 Å². The van der Waals surface area contributed by atoms with Crippen LogP contribution in [0.2, 0.25) is 0 Å². The van der Waals surface area contributed by atoms with Crippen LogP contribution in [0, 0.1) is 5.92 Å². The Bertz CT molecular complexity index is 106. The highest BCUT2D eigenvalue weighted by molar-refractivity contribution is 4.78. The third kappa shape index (κ3) is 2.96. The first-order valence-corrected chi connectivity index (χ1v) is 5.75. The van der Waals surface area contributed by atoms with Gasteiger partial charge in [-0.1, -0.05) is 0 Å². The van der Waals surface area contributed by atoms with Gasteiger partial charge < -0.3 is 9.64 Å². The van der Waals surface area contributed by atoms with Gasteiger partial charge in [0.25, 0.3) is 0 Å². The summed E-state index contributed by atoms with van der Waals surface area (Å²) in [4.78, 5) is 2.58. The maximum absolute atomic E-state index is 4.94. The number of rotatable bonds is 0. The first kappa shape index (κ1) is 9.47. The van der Waals surface area contributed by atoms with Crippen LogP contribution in [-0.2, 0) is 4.74 Å². The van der Waals surface area contributed by atoms with Crippen LogP contribution >= 0.6 is 0 Å². The summed E-state index contributed by atoms with van der Waals surface area (Å²) in [5, 5.41) is 0. The second-order valence-corrected chi connectivity index (χ2v) is 4.39. The van der Waals surface area contributed by atoms with Crippen molar-refractivity contribution in [1.82, 2.24) is 4.90 Å². The zero-order valence-electron chi connectivity index (χ0n) is 8.50. The lowest BCUT2D eigenvalue weighted by Crippen LogP contribution is -2.41. The van der Waals surface area contributed by atoms with Gasteiger partial charge in [-0.2, -0.15) is 0 Å². The van der Waals surface area contributed by atoms with E-state index in [0.29, 0.717) is 0 Å². The van der Waals surface area contributed by atoms with Gasteiger partial charge in [-0.15, -0.1) is 0 Å². The summed E-state index contributed by atoms with van der Waals surface area (Å²) >= 11 is 0. The van der Waals surface area contributed by atoms with Crippen LogP contribution < -0.4 is 0 Å². The van der Waals surface area contributed by atoms with Gasteiger partial charge in [0.15, 0.2) is 0 Å². The van der Waals surface area contributed by atoms with Gasteiger partial charge in [-0.3, -0.25) is 0 Å². The summed E-state index contributed by atoms with van der Waals surface area (Å²) in [5.41, 5.74) is 0. The lowest BCUT2D eigenvalue weighted by molar-refractivity contribution is 0.111. The monoisotopic (exact) mass is 183 g/mol. The van der Waals surface area contributed by atoms with Crippen LogP contribution in [0.4, 0.5) is 0 Å². The molecule has 0 atom stereocenters. The summed E-state index contributed by atoms with van der Waals surface area (Å²) in [6.07, 6.45) is 7.01. The average molecular weight is 183 g/mol. The van der Waals surface area contributed by atoms with E-state index < -0.39 is 0 Å². The van der Waals surface area contributed by atoms with E-state index in [0.717, 1.165) is 19.1 Å². The largest absolute Gasteiger partial charge is 0.381 e. The molecule has 0 N–H and O–H groups in total. The third-order valence-electron chi connectivity index (χ3n) is 3.39. The highest BCUT2D eigenvalue weighted by Crippen LogP contribution is 2.26. The maximum Gasteiger partial charge on any atom is 0.0466 e. The molecular weight excluding hydrogens is 162 g/mol. The minimum Gasteiger partial charge on any atom is -0.381 e. The number of hydrogen-bond donors (Lipinski definition) is 0. The fourth-order valence-corrected chi connectivity index (χ4v) is 2.37. The molecule has 4 heterocycles. The second kappa shape index (κ2) is 4.97. The van der Waals surface area contributed by atoms with E-state index in [9.17, 15) is 0 Å². The van der Waals surface area contributed by atoms with Crippen LogP contribution in [-0.4, -0.2) is 37.7 Å². The molecule has 4 aliphatic rings. The van der Waals surface area contributed by atoms with Crippen molar-refractivity contribution in [2.75, 3.05) is 32.8 Å². The number of piperidine rings is 3. The Labute approximate surface area is 81.3 Å². The molecule has 4 fully saturated rings. The normalized spacial score (nSPS) is 36.9. The number of hydrogen-bond acceptors (Lipinski definition) is 2. The van der Waals surface area contributed by atoms with Gasteiger partial charge in [0, 0.05) is 13.2 Å². The fourth-order valence-electron chi connectivity index (χ4n) is 2.37. The van der Waals surface area contributed by atoms with Gasteiger partial charge in [0.1, 0.15) is 0 Å². The predicted molar refractivity (Wildman–Crippen MR) is 53.8 cm³/mol. The molecule has 0 spiro atoms. The summed E-state index contributed by atoms with van der Waals surface area (Å²) in [6.45, 7) is 6.18. The zero-order valence-corrected chi connectivity index (χ0v) is 8.50. The van der Waals surface area contributed by atoms with Gasteiger partial charge in [-0.05, 0) is 57.7 Å². The van der Waals surface area contributed by atoms with Crippen LogP contribution in [0.5, 0.6) is 0 Å². The Hall–Kier alpha value is -0.0800. The number of ether oxygens (including phenoxy) is 1. The molecule has 0 aliphatic carbocycles. The van der Waals surface area contributed by atoms with Gasteiger partial charge >= 0.3 is 0 Å². The van der Waals surface area contributed by atoms with Crippen molar-refractivity contribution in [3.8, 4) is 0 Å². The molecule has 0 aromatic rings. The Morgan fingerprint density at radius 2 is 1.38 bits per heavy atom. The van der Waals surface area contributed by atoms with Crippen LogP contribution in [0.3, 0.4) is 0 Å². The molecular formula is C11H21NO. The smallest absolute Gasteiger partial charge is 0.0466 e. The van der Waals surface area contributed by atoms with E-state index in [2.05, 4.69) is 4.90 Å². The lowest BCUT2D eigenvalue weighted by atomic mass is 9.89. The number of fused-ring (bicyclic) bond motifs is 3. The zero-order chi connectivity index (χ0) is 8.93. The summed E-state index contributed by atoms with van der Waals surface area (Å²) in [5.74, 6) is 1.11. The van der Waals surface area contributed by atoms with Gasteiger partial charge in [-0.25, -0.2) is 0 Å². The molecule has 4 saturated heterocycles. The minimum atomic E-state index is 1.00. The van der Waals surface area contributed by atoms with Crippen LogP contribution in [0.15, 0.2) is 0 Å². The Morgan fingerprint density at radius 1 is 0.846 bits per heavy atom. The van der Waals surface area contributed by atoms with Crippen molar-refractivity contribution in [1.29, 1.82) is 0 Å². The highest BCUT2D eigenvalue weighted by atomic mass is 16.5. The van der Waals surface area contributed by atoms with E-state index in [1.165, 1.54) is 51.7 Å². The number of nitrogens with zero attached hydrogens (tertiary/aromatic N) is 1. The summed E-state index contributed by atoms with van der Waals surface area (Å²) < 4.78 is 4.94. The summed E-state index contributed by atoms with van der Waals surface area (Å²) in [6, 6.07) is 0. The predicted octanol–water partition coefficient (Wildman–Crippen LogP) is 1.90. The molecule has 0 aromatic heterocycles. The molecule has 0 amide bonds. The van der Waals surface area contributed by atoms with Crippen molar-refractivity contribution in [3.63, 3.8) is 0 Å². The SMILES string of the molecule is C1CCOC1.C1CN2CCC1CC2. The summed E-state index contributed by atoms with van der Waals surface area (Å²) in [7, 11) is 0. The topological polar surface area (TPSA) is 12.5 Å². The minimum absolute atomic E-state index is 1.00.